The maximum atomic E-state index is 6.16. The Morgan fingerprint density at radius 3 is 2.52 bits per heavy atom. The minimum atomic E-state index is 0.438. The molecule has 3 rings (SSSR count). The Hall–Kier alpha value is -1.85. The van der Waals surface area contributed by atoms with Gasteiger partial charge >= 0.3 is 0 Å². The maximum absolute atomic E-state index is 6.16. The molecule has 0 atom stereocenters. The lowest BCUT2D eigenvalue weighted by Crippen LogP contribution is -2.33. The van der Waals surface area contributed by atoms with E-state index in [1.54, 1.807) is 28.7 Å². The van der Waals surface area contributed by atoms with Gasteiger partial charge in [-0.3, -0.25) is 9.83 Å². The predicted molar refractivity (Wildman–Crippen MR) is 93.8 cm³/mol. The summed E-state index contributed by atoms with van der Waals surface area (Å²) >= 11 is 12.3. The molecule has 2 aromatic carbocycles. The van der Waals surface area contributed by atoms with E-state index in [4.69, 9.17) is 28.0 Å². The Bertz CT molecular complexity index is 699. The number of halogens is 2. The van der Waals surface area contributed by atoms with Crippen LogP contribution in [0.4, 0.5) is 0 Å². The molecule has 1 aliphatic rings. The number of nitrogens with zero attached hydrogens (tertiary/aromatic N) is 3. The van der Waals surface area contributed by atoms with Crippen LogP contribution < -0.4 is 0 Å². The summed E-state index contributed by atoms with van der Waals surface area (Å²) < 4.78 is 0. The highest BCUT2D eigenvalue weighted by Gasteiger charge is 2.16. The highest BCUT2D eigenvalue weighted by molar-refractivity contribution is 6.37. The average molecular weight is 348 g/mol. The van der Waals surface area contributed by atoms with Crippen LogP contribution in [0, 0.1) is 0 Å². The number of aliphatic imine (C=N–C) groups is 1. The van der Waals surface area contributed by atoms with Gasteiger partial charge in [-0.05, 0) is 23.8 Å². The monoisotopic (exact) mass is 347 g/mol. The van der Waals surface area contributed by atoms with Crippen molar-refractivity contribution in [1.82, 2.24) is 10.2 Å². The van der Waals surface area contributed by atoms with Gasteiger partial charge in [0.25, 0.3) is 0 Å². The Balaban J connectivity index is 1.65. The Morgan fingerprint density at radius 1 is 1.04 bits per heavy atom. The molecule has 0 saturated carbocycles. The first-order valence-electron chi connectivity index (χ1n) is 7.09. The number of hydrogen-bond donors (Lipinski definition) is 0. The minimum Gasteiger partial charge on any atom is -0.272 e. The zero-order valence-electron chi connectivity index (χ0n) is 12.3. The van der Waals surface area contributed by atoms with Crippen molar-refractivity contribution >= 4 is 35.6 Å². The smallest absolute Gasteiger partial charge is 0.138 e. The largest absolute Gasteiger partial charge is 0.272 e. The Labute approximate surface area is 145 Å². The van der Waals surface area contributed by atoms with Crippen molar-refractivity contribution < 1.29 is 4.84 Å². The fourth-order valence-corrected chi connectivity index (χ4v) is 2.61. The van der Waals surface area contributed by atoms with Gasteiger partial charge in [-0.15, -0.1) is 0 Å². The molecule has 0 N–H and O–H groups in total. The van der Waals surface area contributed by atoms with E-state index >= 15 is 0 Å². The molecule has 1 aliphatic heterocycles. The number of hydroxylamine groups is 1. The molecule has 118 valence electrons. The standard InChI is InChI=1S/C17H15Cl2N3O/c18-16-7-4-8-17(19)15(16)9-10-21-12-20-13-22(21)23-11-14-5-2-1-3-6-14/h1-10,12H,11,13H2. The molecule has 0 fully saturated rings. The summed E-state index contributed by atoms with van der Waals surface area (Å²) in [4.78, 5) is 9.97. The Kier molecular flexibility index (Phi) is 5.31. The first-order valence-corrected chi connectivity index (χ1v) is 7.84. The topological polar surface area (TPSA) is 28.1 Å². The van der Waals surface area contributed by atoms with E-state index < -0.39 is 0 Å². The van der Waals surface area contributed by atoms with Crippen LogP contribution >= 0.6 is 23.2 Å². The minimum absolute atomic E-state index is 0.438. The molecular weight excluding hydrogens is 333 g/mol. The highest BCUT2D eigenvalue weighted by atomic mass is 35.5. The third-order valence-corrected chi connectivity index (χ3v) is 3.94. The van der Waals surface area contributed by atoms with Gasteiger partial charge < -0.3 is 0 Å². The number of hydrogen-bond acceptors (Lipinski definition) is 4. The van der Waals surface area contributed by atoms with Gasteiger partial charge in [0.1, 0.15) is 13.0 Å². The SMILES string of the molecule is Clc1cccc(Cl)c1C=CN1C=NCN1OCc1ccccc1. The van der Waals surface area contributed by atoms with Crippen LogP contribution in [0.2, 0.25) is 10.0 Å². The van der Waals surface area contributed by atoms with Crippen molar-refractivity contribution in [3.63, 3.8) is 0 Å². The van der Waals surface area contributed by atoms with Crippen LogP contribution in [-0.2, 0) is 11.4 Å². The van der Waals surface area contributed by atoms with E-state index in [2.05, 4.69) is 4.99 Å². The third kappa shape index (κ3) is 4.12. The maximum Gasteiger partial charge on any atom is 0.138 e. The highest BCUT2D eigenvalue weighted by Crippen LogP contribution is 2.25. The third-order valence-electron chi connectivity index (χ3n) is 3.28. The molecule has 0 aliphatic carbocycles. The summed E-state index contributed by atoms with van der Waals surface area (Å²) in [5, 5.41) is 4.61. The van der Waals surface area contributed by atoms with E-state index in [1.807, 2.05) is 48.7 Å². The lowest BCUT2D eigenvalue weighted by molar-refractivity contribution is -0.238. The molecule has 0 radical (unpaired) electrons. The van der Waals surface area contributed by atoms with E-state index in [0.717, 1.165) is 11.1 Å². The van der Waals surface area contributed by atoms with Gasteiger partial charge in [-0.25, -0.2) is 5.01 Å². The summed E-state index contributed by atoms with van der Waals surface area (Å²) in [5.74, 6) is 0. The second kappa shape index (κ2) is 7.62. The van der Waals surface area contributed by atoms with Gasteiger partial charge in [0.05, 0.1) is 6.61 Å². The van der Waals surface area contributed by atoms with E-state index in [9.17, 15) is 0 Å². The van der Waals surface area contributed by atoms with Crippen molar-refractivity contribution in [2.24, 2.45) is 4.99 Å². The number of rotatable bonds is 5. The quantitative estimate of drug-likeness (QED) is 0.790. The van der Waals surface area contributed by atoms with Crippen molar-refractivity contribution in [3.8, 4) is 0 Å². The normalized spacial score (nSPS) is 15.0. The molecule has 23 heavy (non-hydrogen) atoms. The second-order valence-electron chi connectivity index (χ2n) is 4.88. The van der Waals surface area contributed by atoms with Crippen LogP contribution in [0.15, 0.2) is 59.7 Å². The molecular formula is C17H15Cl2N3O. The van der Waals surface area contributed by atoms with Crippen molar-refractivity contribution in [2.45, 2.75) is 6.61 Å². The lowest BCUT2D eigenvalue weighted by atomic mass is 10.2. The van der Waals surface area contributed by atoms with Gasteiger partial charge in [-0.2, -0.15) is 0 Å². The second-order valence-corrected chi connectivity index (χ2v) is 5.70. The predicted octanol–water partition coefficient (Wildman–Crippen LogP) is 4.61. The van der Waals surface area contributed by atoms with Crippen molar-refractivity contribution in [2.75, 3.05) is 6.67 Å². The van der Waals surface area contributed by atoms with Crippen LogP contribution in [0.5, 0.6) is 0 Å². The first-order chi connectivity index (χ1) is 11.2. The number of benzene rings is 2. The van der Waals surface area contributed by atoms with Crippen molar-refractivity contribution in [3.05, 3.63) is 75.9 Å². The van der Waals surface area contributed by atoms with Crippen molar-refractivity contribution in [1.29, 1.82) is 0 Å². The average Bonchev–Trinajstić information content (AvgIpc) is 3.01. The van der Waals surface area contributed by atoms with Gasteiger partial charge in [-0.1, -0.05) is 64.8 Å². The molecule has 1 heterocycles. The van der Waals surface area contributed by atoms with E-state index in [-0.39, 0.29) is 0 Å². The molecule has 4 nitrogen and oxygen atoms in total. The molecule has 0 saturated heterocycles. The zero-order chi connectivity index (χ0) is 16.1. The first kappa shape index (κ1) is 16.0. The molecule has 0 amide bonds. The molecule has 6 heteroatoms. The zero-order valence-corrected chi connectivity index (χ0v) is 13.8. The van der Waals surface area contributed by atoms with E-state index in [0.29, 0.717) is 23.3 Å². The molecule has 2 aromatic rings. The van der Waals surface area contributed by atoms with Crippen LogP contribution in [-0.4, -0.2) is 23.2 Å². The number of hydrazine groups is 1. The van der Waals surface area contributed by atoms with Gasteiger partial charge in [0.2, 0.25) is 0 Å². The van der Waals surface area contributed by atoms with Crippen LogP contribution in [0.1, 0.15) is 11.1 Å². The molecule has 0 unspecified atom stereocenters. The molecule has 0 aromatic heterocycles. The summed E-state index contributed by atoms with van der Waals surface area (Å²) in [6.45, 7) is 0.912. The fourth-order valence-electron chi connectivity index (χ4n) is 2.09. The summed E-state index contributed by atoms with van der Waals surface area (Å²) in [6.07, 6.45) is 5.34. The molecule has 0 bridgehead atoms. The summed E-state index contributed by atoms with van der Waals surface area (Å²) in [6, 6.07) is 15.4. The summed E-state index contributed by atoms with van der Waals surface area (Å²) in [7, 11) is 0. The van der Waals surface area contributed by atoms with Gasteiger partial charge in [0, 0.05) is 21.8 Å². The van der Waals surface area contributed by atoms with Crippen LogP contribution in [0.25, 0.3) is 6.08 Å². The summed E-state index contributed by atoms with van der Waals surface area (Å²) in [5.41, 5.74) is 1.86. The van der Waals surface area contributed by atoms with E-state index in [1.165, 1.54) is 0 Å². The van der Waals surface area contributed by atoms with Crippen LogP contribution in [0.3, 0.4) is 0 Å². The molecule has 0 spiro atoms. The Morgan fingerprint density at radius 2 is 1.78 bits per heavy atom. The van der Waals surface area contributed by atoms with Gasteiger partial charge in [0.15, 0.2) is 0 Å². The lowest BCUT2D eigenvalue weighted by Gasteiger charge is -2.23. The fraction of sp³-hybridized carbons (Fsp3) is 0.118.